The lowest BCUT2D eigenvalue weighted by Gasteiger charge is -2.02. The van der Waals surface area contributed by atoms with Crippen molar-refractivity contribution < 1.29 is 4.42 Å². The monoisotopic (exact) mass is 250 g/mol. The highest BCUT2D eigenvalue weighted by Gasteiger charge is 2.05. The van der Waals surface area contributed by atoms with Gasteiger partial charge >= 0.3 is 0 Å². The van der Waals surface area contributed by atoms with Gasteiger partial charge < -0.3 is 4.42 Å². The number of nitriles is 1. The number of oxazole rings is 1. The van der Waals surface area contributed by atoms with Crippen molar-refractivity contribution in [2.75, 3.05) is 0 Å². The fourth-order valence-corrected chi connectivity index (χ4v) is 1.86. The molecule has 0 saturated heterocycles. The molecule has 0 saturated carbocycles. The molecule has 1 aromatic carbocycles. The lowest BCUT2D eigenvalue weighted by atomic mass is 10.1. The van der Waals surface area contributed by atoms with Crippen molar-refractivity contribution in [1.29, 1.82) is 5.26 Å². The first-order chi connectivity index (χ1) is 9.36. The Morgan fingerprint density at radius 2 is 2.16 bits per heavy atom. The number of rotatable bonds is 3. The molecular weight excluding hydrogens is 240 g/mol. The minimum Gasteiger partial charge on any atom is -0.443 e. The molecule has 0 bridgehead atoms. The minimum atomic E-state index is 0.421. The van der Waals surface area contributed by atoms with E-state index in [1.165, 1.54) is 6.39 Å². The highest BCUT2D eigenvalue weighted by molar-refractivity contribution is 5.78. The molecular formula is C14H10N4O. The Kier molecular flexibility index (Phi) is 2.91. The number of benzene rings is 1. The summed E-state index contributed by atoms with van der Waals surface area (Å²) < 4.78 is 5.28. The van der Waals surface area contributed by atoms with E-state index in [2.05, 4.69) is 21.0 Å². The summed E-state index contributed by atoms with van der Waals surface area (Å²) in [5, 5.41) is 8.58. The van der Waals surface area contributed by atoms with Gasteiger partial charge in [0, 0.05) is 24.6 Å². The Labute approximate surface area is 109 Å². The summed E-state index contributed by atoms with van der Waals surface area (Å²) in [4.78, 5) is 12.7. The number of aryl methyl sites for hydroxylation is 1. The van der Waals surface area contributed by atoms with E-state index >= 15 is 0 Å². The fourth-order valence-electron chi connectivity index (χ4n) is 1.86. The zero-order valence-corrected chi connectivity index (χ0v) is 10.1. The lowest BCUT2D eigenvalue weighted by Crippen LogP contribution is -1.95. The van der Waals surface area contributed by atoms with E-state index in [-0.39, 0.29) is 0 Å². The third kappa shape index (κ3) is 2.29. The highest BCUT2D eigenvalue weighted by atomic mass is 16.3. The van der Waals surface area contributed by atoms with E-state index in [1.807, 2.05) is 24.3 Å². The lowest BCUT2D eigenvalue weighted by molar-refractivity contribution is 0.602. The molecule has 0 aliphatic heterocycles. The maximum Gasteiger partial charge on any atom is 0.181 e. The van der Waals surface area contributed by atoms with Gasteiger partial charge in [-0.05, 0) is 18.2 Å². The van der Waals surface area contributed by atoms with E-state index in [0.717, 1.165) is 22.4 Å². The molecule has 2 heterocycles. The van der Waals surface area contributed by atoms with Gasteiger partial charge in [-0.3, -0.25) is 0 Å². The standard InChI is InChI=1S/C14H10N4O/c15-6-1-2-14-16-7-5-11(18-14)10-3-4-12-13(8-10)19-9-17-12/h3-5,7-9H,1-2H2. The number of aromatic nitrogens is 3. The van der Waals surface area contributed by atoms with Crippen LogP contribution in [0.3, 0.4) is 0 Å². The van der Waals surface area contributed by atoms with Crippen LogP contribution in [0.25, 0.3) is 22.4 Å². The Bertz CT molecular complexity index is 757. The minimum absolute atomic E-state index is 0.421. The Hall–Kier alpha value is -2.74. The largest absolute Gasteiger partial charge is 0.443 e. The summed E-state index contributed by atoms with van der Waals surface area (Å²) in [7, 11) is 0. The van der Waals surface area contributed by atoms with Crippen molar-refractivity contribution in [2.45, 2.75) is 12.8 Å². The first-order valence-electron chi connectivity index (χ1n) is 5.89. The van der Waals surface area contributed by atoms with Gasteiger partial charge in [0.25, 0.3) is 0 Å². The summed E-state index contributed by atoms with van der Waals surface area (Å²) in [5.74, 6) is 0.678. The number of hydrogen-bond acceptors (Lipinski definition) is 5. The van der Waals surface area contributed by atoms with Crippen molar-refractivity contribution in [3.8, 4) is 17.3 Å². The first kappa shape index (κ1) is 11.4. The van der Waals surface area contributed by atoms with Gasteiger partial charge in [0.15, 0.2) is 12.0 Å². The molecule has 0 aliphatic carbocycles. The average molecular weight is 250 g/mol. The molecule has 0 unspecified atom stereocenters. The Balaban J connectivity index is 1.98. The predicted octanol–water partition coefficient (Wildman–Crippen LogP) is 2.74. The van der Waals surface area contributed by atoms with E-state index in [1.54, 1.807) is 6.20 Å². The smallest absolute Gasteiger partial charge is 0.181 e. The van der Waals surface area contributed by atoms with Crippen LogP contribution in [0.5, 0.6) is 0 Å². The predicted molar refractivity (Wildman–Crippen MR) is 69.0 cm³/mol. The van der Waals surface area contributed by atoms with E-state index in [0.29, 0.717) is 18.7 Å². The van der Waals surface area contributed by atoms with Gasteiger partial charge in [-0.1, -0.05) is 6.07 Å². The second-order valence-corrected chi connectivity index (χ2v) is 4.05. The van der Waals surface area contributed by atoms with E-state index < -0.39 is 0 Å². The molecule has 0 atom stereocenters. The molecule has 0 N–H and O–H groups in total. The fraction of sp³-hybridized carbons (Fsp3) is 0.143. The topological polar surface area (TPSA) is 75.6 Å². The Morgan fingerprint density at radius 3 is 3.05 bits per heavy atom. The molecule has 19 heavy (non-hydrogen) atoms. The zero-order valence-electron chi connectivity index (χ0n) is 10.1. The third-order valence-electron chi connectivity index (χ3n) is 2.79. The third-order valence-corrected chi connectivity index (χ3v) is 2.79. The summed E-state index contributed by atoms with van der Waals surface area (Å²) in [5.41, 5.74) is 3.32. The van der Waals surface area contributed by atoms with Gasteiger partial charge in [-0.15, -0.1) is 0 Å². The van der Waals surface area contributed by atoms with Crippen molar-refractivity contribution in [1.82, 2.24) is 15.0 Å². The van der Waals surface area contributed by atoms with Crippen LogP contribution in [-0.2, 0) is 6.42 Å². The molecule has 5 nitrogen and oxygen atoms in total. The van der Waals surface area contributed by atoms with Crippen LogP contribution in [-0.4, -0.2) is 15.0 Å². The van der Waals surface area contributed by atoms with Crippen LogP contribution in [0.1, 0.15) is 12.2 Å². The van der Waals surface area contributed by atoms with Gasteiger partial charge in [-0.25, -0.2) is 15.0 Å². The zero-order chi connectivity index (χ0) is 13.1. The van der Waals surface area contributed by atoms with Gasteiger partial charge in [0.05, 0.1) is 11.8 Å². The molecule has 0 radical (unpaired) electrons. The average Bonchev–Trinajstić information content (AvgIpc) is 2.92. The van der Waals surface area contributed by atoms with Crippen LogP contribution in [0.2, 0.25) is 0 Å². The number of nitrogens with zero attached hydrogens (tertiary/aromatic N) is 4. The second-order valence-electron chi connectivity index (χ2n) is 4.05. The first-order valence-corrected chi connectivity index (χ1v) is 5.89. The Morgan fingerprint density at radius 1 is 1.21 bits per heavy atom. The molecule has 0 fully saturated rings. The molecule has 0 aliphatic rings. The van der Waals surface area contributed by atoms with Gasteiger partial charge in [0.1, 0.15) is 11.3 Å². The summed E-state index contributed by atoms with van der Waals surface area (Å²) in [6.07, 6.45) is 4.12. The molecule has 3 rings (SSSR count). The number of hydrogen-bond donors (Lipinski definition) is 0. The number of fused-ring (bicyclic) bond motifs is 1. The SMILES string of the molecule is N#CCCc1nccc(-c2ccc3ncoc3c2)n1. The van der Waals surface area contributed by atoms with Crippen LogP contribution in [0.4, 0.5) is 0 Å². The molecule has 3 aromatic rings. The summed E-state index contributed by atoms with van der Waals surface area (Å²) >= 11 is 0. The van der Waals surface area contributed by atoms with Gasteiger partial charge in [0.2, 0.25) is 0 Å². The van der Waals surface area contributed by atoms with Crippen molar-refractivity contribution in [3.63, 3.8) is 0 Å². The van der Waals surface area contributed by atoms with Crippen LogP contribution in [0, 0.1) is 11.3 Å². The molecule has 5 heteroatoms. The summed E-state index contributed by atoms with van der Waals surface area (Å²) in [6.45, 7) is 0. The normalized spacial score (nSPS) is 10.5. The van der Waals surface area contributed by atoms with Crippen molar-refractivity contribution in [2.24, 2.45) is 0 Å². The van der Waals surface area contributed by atoms with Crippen LogP contribution < -0.4 is 0 Å². The van der Waals surface area contributed by atoms with Crippen molar-refractivity contribution in [3.05, 3.63) is 42.7 Å². The quantitative estimate of drug-likeness (QED) is 0.714. The van der Waals surface area contributed by atoms with E-state index in [4.69, 9.17) is 9.68 Å². The molecule has 92 valence electrons. The van der Waals surface area contributed by atoms with Crippen molar-refractivity contribution >= 4 is 11.1 Å². The highest BCUT2D eigenvalue weighted by Crippen LogP contribution is 2.22. The maximum absolute atomic E-state index is 8.58. The molecule has 0 spiro atoms. The molecule has 0 amide bonds. The molecule has 2 aromatic heterocycles. The maximum atomic E-state index is 8.58. The van der Waals surface area contributed by atoms with Crippen LogP contribution in [0.15, 0.2) is 41.3 Å². The summed E-state index contributed by atoms with van der Waals surface area (Å²) in [6, 6.07) is 9.67. The van der Waals surface area contributed by atoms with E-state index in [9.17, 15) is 0 Å². The second kappa shape index (κ2) is 4.86. The van der Waals surface area contributed by atoms with Crippen LogP contribution >= 0.6 is 0 Å². The van der Waals surface area contributed by atoms with Gasteiger partial charge in [-0.2, -0.15) is 5.26 Å².